The van der Waals surface area contributed by atoms with E-state index in [0.717, 1.165) is 31.8 Å². The molecule has 1 fully saturated rings. The maximum absolute atomic E-state index is 11.8. The Labute approximate surface area is 98.0 Å². The number of amides is 1. The molecular weight excluding hydrogens is 204 g/mol. The third kappa shape index (κ3) is 5.47. The Balaban J connectivity index is 2.15. The van der Waals surface area contributed by atoms with Gasteiger partial charge in [0.1, 0.15) is 0 Å². The number of nitrogens with zero attached hydrogens (tertiary/aromatic N) is 1. The fourth-order valence-corrected chi connectivity index (χ4v) is 1.65. The van der Waals surface area contributed by atoms with Crippen LogP contribution in [0.25, 0.3) is 0 Å². The first-order chi connectivity index (χ1) is 7.77. The molecule has 4 heteroatoms. The molecule has 0 unspecified atom stereocenters. The Morgan fingerprint density at radius 1 is 1.44 bits per heavy atom. The van der Waals surface area contributed by atoms with Crippen LogP contribution in [0.3, 0.4) is 0 Å². The first kappa shape index (κ1) is 13.5. The summed E-state index contributed by atoms with van der Waals surface area (Å²) in [5.41, 5.74) is 0. The van der Waals surface area contributed by atoms with Crippen molar-refractivity contribution in [3.63, 3.8) is 0 Å². The molecule has 1 aliphatic carbocycles. The van der Waals surface area contributed by atoms with Crippen molar-refractivity contribution in [2.45, 2.75) is 32.6 Å². The second-order valence-corrected chi connectivity index (χ2v) is 4.53. The van der Waals surface area contributed by atoms with E-state index in [-0.39, 0.29) is 12.5 Å². The second-order valence-electron chi connectivity index (χ2n) is 4.53. The van der Waals surface area contributed by atoms with Crippen LogP contribution in [0.4, 0.5) is 0 Å². The van der Waals surface area contributed by atoms with E-state index in [0.29, 0.717) is 13.1 Å². The van der Waals surface area contributed by atoms with E-state index in [1.807, 2.05) is 0 Å². The number of unbranched alkanes of at least 4 members (excludes halogenated alkanes) is 1. The zero-order chi connectivity index (χ0) is 11.8. The number of rotatable bonds is 9. The summed E-state index contributed by atoms with van der Waals surface area (Å²) in [5.74, 6) is 0.915. The van der Waals surface area contributed by atoms with Crippen molar-refractivity contribution >= 4 is 5.91 Å². The number of carbonyl (C=O) groups excluding carboxylic acids is 1. The Morgan fingerprint density at radius 3 is 2.75 bits per heavy atom. The number of nitrogens with one attached hydrogen (secondary N) is 1. The van der Waals surface area contributed by atoms with Crippen molar-refractivity contribution in [3.05, 3.63) is 0 Å². The van der Waals surface area contributed by atoms with Crippen LogP contribution in [0.1, 0.15) is 32.6 Å². The monoisotopic (exact) mass is 228 g/mol. The molecule has 0 spiro atoms. The largest absolute Gasteiger partial charge is 0.395 e. The molecule has 1 saturated carbocycles. The van der Waals surface area contributed by atoms with Crippen LogP contribution in [0.2, 0.25) is 0 Å². The van der Waals surface area contributed by atoms with Gasteiger partial charge in [-0.05, 0) is 31.7 Å². The molecule has 0 aliphatic heterocycles. The molecule has 1 amide bonds. The van der Waals surface area contributed by atoms with Gasteiger partial charge in [-0.3, -0.25) is 4.79 Å². The Bertz CT molecular complexity index is 205. The van der Waals surface area contributed by atoms with Crippen molar-refractivity contribution in [2.24, 2.45) is 5.92 Å². The minimum Gasteiger partial charge on any atom is -0.395 e. The van der Waals surface area contributed by atoms with Crippen molar-refractivity contribution in [2.75, 3.05) is 32.8 Å². The predicted molar refractivity (Wildman–Crippen MR) is 64.2 cm³/mol. The van der Waals surface area contributed by atoms with E-state index in [9.17, 15) is 4.79 Å². The van der Waals surface area contributed by atoms with Crippen LogP contribution in [0.5, 0.6) is 0 Å². The minimum atomic E-state index is 0.0537. The number of hydrogen-bond donors (Lipinski definition) is 2. The topological polar surface area (TPSA) is 52.6 Å². The van der Waals surface area contributed by atoms with Crippen LogP contribution < -0.4 is 5.32 Å². The quantitative estimate of drug-likeness (QED) is 0.608. The maximum Gasteiger partial charge on any atom is 0.236 e. The molecule has 0 atom stereocenters. The molecular formula is C12H24N2O2. The summed E-state index contributed by atoms with van der Waals surface area (Å²) in [6.45, 7) is 4.77. The zero-order valence-electron chi connectivity index (χ0n) is 10.2. The smallest absolute Gasteiger partial charge is 0.236 e. The van der Waals surface area contributed by atoms with Gasteiger partial charge in [0.25, 0.3) is 0 Å². The number of aliphatic hydroxyl groups excluding tert-OH is 1. The van der Waals surface area contributed by atoms with Gasteiger partial charge in [-0.1, -0.05) is 13.3 Å². The second kappa shape index (κ2) is 7.63. The third-order valence-corrected chi connectivity index (χ3v) is 2.91. The molecule has 0 aromatic rings. The van der Waals surface area contributed by atoms with Crippen molar-refractivity contribution in [1.82, 2.24) is 10.2 Å². The highest BCUT2D eigenvalue weighted by Gasteiger charge is 2.21. The van der Waals surface area contributed by atoms with Gasteiger partial charge in [0, 0.05) is 13.1 Å². The fourth-order valence-electron chi connectivity index (χ4n) is 1.65. The SMILES string of the molecule is CCCCN(CCO)C(=O)CNCC1CC1. The standard InChI is InChI=1S/C12H24N2O2/c1-2-3-6-14(7-8-15)12(16)10-13-9-11-4-5-11/h11,13,15H,2-10H2,1H3. The summed E-state index contributed by atoms with van der Waals surface area (Å²) in [7, 11) is 0. The van der Waals surface area contributed by atoms with Gasteiger partial charge in [0.2, 0.25) is 5.91 Å². The number of aliphatic hydroxyl groups is 1. The Kier molecular flexibility index (Phi) is 6.42. The summed E-state index contributed by atoms with van der Waals surface area (Å²) < 4.78 is 0. The normalized spacial score (nSPS) is 15.1. The maximum atomic E-state index is 11.8. The van der Waals surface area contributed by atoms with Gasteiger partial charge in [0.05, 0.1) is 13.2 Å². The van der Waals surface area contributed by atoms with Crippen LogP contribution >= 0.6 is 0 Å². The van der Waals surface area contributed by atoms with Gasteiger partial charge < -0.3 is 15.3 Å². The highest BCUT2D eigenvalue weighted by Crippen LogP contribution is 2.27. The molecule has 0 saturated heterocycles. The van der Waals surface area contributed by atoms with Gasteiger partial charge in [-0.2, -0.15) is 0 Å². The van der Waals surface area contributed by atoms with Gasteiger partial charge in [-0.25, -0.2) is 0 Å². The van der Waals surface area contributed by atoms with E-state index in [2.05, 4.69) is 12.2 Å². The van der Waals surface area contributed by atoms with E-state index < -0.39 is 0 Å². The highest BCUT2D eigenvalue weighted by molar-refractivity contribution is 5.78. The predicted octanol–water partition coefficient (Wildman–Crippen LogP) is 0.607. The molecule has 0 aromatic heterocycles. The van der Waals surface area contributed by atoms with E-state index in [4.69, 9.17) is 5.11 Å². The average Bonchev–Trinajstić information content (AvgIpc) is 3.08. The molecule has 1 aliphatic rings. The first-order valence-corrected chi connectivity index (χ1v) is 6.37. The first-order valence-electron chi connectivity index (χ1n) is 6.37. The molecule has 94 valence electrons. The van der Waals surface area contributed by atoms with Crippen LogP contribution in [0.15, 0.2) is 0 Å². The van der Waals surface area contributed by atoms with Crippen LogP contribution in [0, 0.1) is 5.92 Å². The molecule has 0 bridgehead atoms. The average molecular weight is 228 g/mol. The Morgan fingerprint density at radius 2 is 2.19 bits per heavy atom. The summed E-state index contributed by atoms with van der Waals surface area (Å²) in [6, 6.07) is 0. The molecule has 1 rings (SSSR count). The van der Waals surface area contributed by atoms with E-state index in [1.165, 1.54) is 12.8 Å². The number of hydrogen-bond acceptors (Lipinski definition) is 3. The fraction of sp³-hybridized carbons (Fsp3) is 0.917. The lowest BCUT2D eigenvalue weighted by Crippen LogP contribution is -2.40. The van der Waals surface area contributed by atoms with Crippen molar-refractivity contribution < 1.29 is 9.90 Å². The van der Waals surface area contributed by atoms with Gasteiger partial charge >= 0.3 is 0 Å². The minimum absolute atomic E-state index is 0.0537. The number of carbonyl (C=O) groups is 1. The summed E-state index contributed by atoms with van der Waals surface area (Å²) >= 11 is 0. The summed E-state index contributed by atoms with van der Waals surface area (Å²) in [5, 5.41) is 12.1. The zero-order valence-corrected chi connectivity index (χ0v) is 10.2. The Hall–Kier alpha value is -0.610. The van der Waals surface area contributed by atoms with Crippen LogP contribution in [-0.2, 0) is 4.79 Å². The summed E-state index contributed by atoms with van der Waals surface area (Å²) in [6.07, 6.45) is 4.69. The molecule has 0 aromatic carbocycles. The van der Waals surface area contributed by atoms with Gasteiger partial charge in [0.15, 0.2) is 0 Å². The lowest BCUT2D eigenvalue weighted by atomic mass is 10.3. The molecule has 2 N–H and O–H groups in total. The molecule has 4 nitrogen and oxygen atoms in total. The van der Waals surface area contributed by atoms with Crippen molar-refractivity contribution in [3.8, 4) is 0 Å². The van der Waals surface area contributed by atoms with Crippen LogP contribution in [-0.4, -0.2) is 48.7 Å². The third-order valence-electron chi connectivity index (χ3n) is 2.91. The molecule has 16 heavy (non-hydrogen) atoms. The lowest BCUT2D eigenvalue weighted by molar-refractivity contribution is -0.130. The van der Waals surface area contributed by atoms with E-state index >= 15 is 0 Å². The highest BCUT2D eigenvalue weighted by atomic mass is 16.3. The summed E-state index contributed by atoms with van der Waals surface area (Å²) in [4.78, 5) is 13.5. The van der Waals surface area contributed by atoms with Gasteiger partial charge in [-0.15, -0.1) is 0 Å². The van der Waals surface area contributed by atoms with Crippen molar-refractivity contribution in [1.29, 1.82) is 0 Å². The molecule has 0 heterocycles. The molecule has 0 radical (unpaired) electrons. The van der Waals surface area contributed by atoms with E-state index in [1.54, 1.807) is 4.90 Å². The lowest BCUT2D eigenvalue weighted by Gasteiger charge is -2.21.